The van der Waals surface area contributed by atoms with Gasteiger partial charge in [0.15, 0.2) is 0 Å². The molecular weight excluding hydrogens is 426 g/mol. The fourth-order valence-corrected chi connectivity index (χ4v) is 4.03. The van der Waals surface area contributed by atoms with Gasteiger partial charge in [-0.3, -0.25) is 9.78 Å². The third-order valence-electron chi connectivity index (χ3n) is 5.26. The summed E-state index contributed by atoms with van der Waals surface area (Å²) in [6.07, 6.45) is 6.12. The van der Waals surface area contributed by atoms with Crippen molar-refractivity contribution in [2.45, 2.75) is 32.7 Å². The maximum absolute atomic E-state index is 12.4. The lowest BCUT2D eigenvalue weighted by Crippen LogP contribution is -2.21. The minimum absolute atomic E-state index is 0.125. The minimum atomic E-state index is -3.29. The van der Waals surface area contributed by atoms with Crippen LogP contribution in [0.5, 0.6) is 0 Å². The van der Waals surface area contributed by atoms with Crippen LogP contribution in [0.3, 0.4) is 0 Å². The number of aromatic nitrogens is 2. The fraction of sp³-hybridized carbons (Fsp3) is 0.250. The molecule has 3 aromatic heterocycles. The van der Waals surface area contributed by atoms with Gasteiger partial charge in [0.25, 0.3) is 5.56 Å². The number of H-pyrrole nitrogens is 1. The molecule has 0 saturated carbocycles. The maximum Gasteiger partial charge on any atom is 0.255 e. The Morgan fingerprint density at radius 1 is 1.09 bits per heavy atom. The zero-order valence-electron chi connectivity index (χ0n) is 18.4. The Labute approximate surface area is 186 Å². The first-order chi connectivity index (χ1) is 15.0. The first-order valence-corrected chi connectivity index (χ1v) is 12.1. The fourth-order valence-electron chi connectivity index (χ4n) is 3.62. The molecule has 3 heterocycles. The molecule has 0 radical (unpaired) electrons. The summed E-state index contributed by atoms with van der Waals surface area (Å²) in [5, 5.41) is 0.888. The van der Waals surface area contributed by atoms with E-state index in [2.05, 4.69) is 35.5 Å². The van der Waals surface area contributed by atoms with E-state index in [9.17, 15) is 13.2 Å². The number of furan rings is 1. The Kier molecular flexibility index (Phi) is 5.52. The SMILES string of the molecule is CC(C)(C)c1cc(-c2ccc[nH]c2=O)cc2c(-c3ccc(CNS(C)(=O)=O)nc3)coc12. The van der Waals surface area contributed by atoms with Crippen LogP contribution in [0.4, 0.5) is 0 Å². The summed E-state index contributed by atoms with van der Waals surface area (Å²) in [6.45, 7) is 6.44. The van der Waals surface area contributed by atoms with Gasteiger partial charge in [-0.25, -0.2) is 13.1 Å². The van der Waals surface area contributed by atoms with Gasteiger partial charge in [0.05, 0.1) is 24.8 Å². The Morgan fingerprint density at radius 2 is 1.88 bits per heavy atom. The zero-order valence-corrected chi connectivity index (χ0v) is 19.2. The highest BCUT2D eigenvalue weighted by Crippen LogP contribution is 2.39. The number of rotatable bonds is 5. The molecule has 0 spiro atoms. The number of nitrogens with one attached hydrogen (secondary N) is 2. The molecule has 2 N–H and O–H groups in total. The van der Waals surface area contributed by atoms with Crippen LogP contribution in [-0.2, 0) is 22.0 Å². The lowest BCUT2D eigenvalue weighted by Gasteiger charge is -2.20. The van der Waals surface area contributed by atoms with Crippen molar-refractivity contribution < 1.29 is 12.8 Å². The second kappa shape index (κ2) is 8.03. The van der Waals surface area contributed by atoms with E-state index in [0.717, 1.165) is 39.5 Å². The van der Waals surface area contributed by atoms with E-state index in [1.54, 1.807) is 36.9 Å². The monoisotopic (exact) mass is 451 g/mol. The molecule has 166 valence electrons. The Morgan fingerprint density at radius 3 is 2.50 bits per heavy atom. The van der Waals surface area contributed by atoms with Crippen molar-refractivity contribution in [2.75, 3.05) is 6.26 Å². The highest BCUT2D eigenvalue weighted by Gasteiger charge is 2.23. The molecule has 1 aromatic carbocycles. The summed E-state index contributed by atoms with van der Waals surface area (Å²) in [6, 6.07) is 11.3. The summed E-state index contributed by atoms with van der Waals surface area (Å²) < 4.78 is 31.1. The molecule has 0 unspecified atom stereocenters. The van der Waals surface area contributed by atoms with Gasteiger partial charge in [-0.2, -0.15) is 0 Å². The van der Waals surface area contributed by atoms with E-state index >= 15 is 0 Å². The molecule has 4 aromatic rings. The van der Waals surface area contributed by atoms with E-state index in [4.69, 9.17) is 4.42 Å². The molecule has 7 nitrogen and oxygen atoms in total. The quantitative estimate of drug-likeness (QED) is 0.473. The highest BCUT2D eigenvalue weighted by atomic mass is 32.2. The van der Waals surface area contributed by atoms with Crippen molar-refractivity contribution in [3.05, 3.63) is 76.7 Å². The first kappa shape index (κ1) is 22.0. The van der Waals surface area contributed by atoms with E-state index < -0.39 is 10.0 Å². The summed E-state index contributed by atoms with van der Waals surface area (Å²) >= 11 is 0. The lowest BCUT2D eigenvalue weighted by molar-refractivity contribution is 0.559. The minimum Gasteiger partial charge on any atom is -0.463 e. The third kappa shape index (κ3) is 4.51. The van der Waals surface area contributed by atoms with Crippen molar-refractivity contribution in [3.8, 4) is 22.3 Å². The number of fused-ring (bicyclic) bond motifs is 1. The standard InChI is InChI=1S/C24H25N3O4S/c1-24(2,3)21-11-16(18-6-5-9-25-23(18)28)10-19-20(14-31-22(19)21)15-7-8-17(26-12-15)13-27-32(4,29)30/h5-12,14,27H,13H2,1-4H3,(H,25,28). The lowest BCUT2D eigenvalue weighted by atomic mass is 9.83. The van der Waals surface area contributed by atoms with Gasteiger partial charge in [0, 0.05) is 40.0 Å². The number of sulfonamides is 1. The van der Waals surface area contributed by atoms with Crippen molar-refractivity contribution in [2.24, 2.45) is 0 Å². The van der Waals surface area contributed by atoms with Crippen molar-refractivity contribution in [3.63, 3.8) is 0 Å². The molecule has 0 aliphatic rings. The number of hydrogen-bond acceptors (Lipinski definition) is 5. The number of benzene rings is 1. The molecule has 0 saturated heterocycles. The van der Waals surface area contributed by atoms with E-state index in [1.807, 2.05) is 18.2 Å². The molecule has 0 aliphatic carbocycles. The second-order valence-electron chi connectivity index (χ2n) is 8.84. The number of hydrogen-bond donors (Lipinski definition) is 2. The molecule has 32 heavy (non-hydrogen) atoms. The average Bonchev–Trinajstić information content (AvgIpc) is 3.15. The van der Waals surface area contributed by atoms with Gasteiger partial charge in [-0.15, -0.1) is 0 Å². The maximum atomic E-state index is 12.4. The predicted octanol–water partition coefficient (Wildman–Crippen LogP) is 4.20. The van der Waals surface area contributed by atoms with Crippen molar-refractivity contribution in [1.82, 2.24) is 14.7 Å². The van der Waals surface area contributed by atoms with Crippen molar-refractivity contribution >= 4 is 21.0 Å². The molecular formula is C24H25N3O4S. The summed E-state index contributed by atoms with van der Waals surface area (Å²) in [5.74, 6) is 0. The second-order valence-corrected chi connectivity index (χ2v) is 10.7. The molecule has 8 heteroatoms. The Balaban J connectivity index is 1.84. The van der Waals surface area contributed by atoms with Crippen LogP contribution in [0.15, 0.2) is 64.3 Å². The van der Waals surface area contributed by atoms with E-state index in [0.29, 0.717) is 11.3 Å². The number of aromatic amines is 1. The molecule has 0 bridgehead atoms. The molecule has 0 fully saturated rings. The third-order valence-corrected chi connectivity index (χ3v) is 5.93. The van der Waals surface area contributed by atoms with Crippen molar-refractivity contribution in [1.29, 1.82) is 0 Å². The summed E-state index contributed by atoms with van der Waals surface area (Å²) in [4.78, 5) is 19.6. The zero-order chi connectivity index (χ0) is 23.1. The Hall–Kier alpha value is -3.23. The smallest absolute Gasteiger partial charge is 0.255 e. The largest absolute Gasteiger partial charge is 0.463 e. The van der Waals surface area contributed by atoms with Crippen LogP contribution in [0.25, 0.3) is 33.2 Å². The van der Waals surface area contributed by atoms with Gasteiger partial charge in [0.2, 0.25) is 10.0 Å². The first-order valence-electron chi connectivity index (χ1n) is 10.2. The van der Waals surface area contributed by atoms with Gasteiger partial charge in [-0.05, 0) is 41.3 Å². The van der Waals surface area contributed by atoms with Crippen LogP contribution >= 0.6 is 0 Å². The van der Waals surface area contributed by atoms with Crippen LogP contribution in [0.2, 0.25) is 0 Å². The average molecular weight is 452 g/mol. The predicted molar refractivity (Wildman–Crippen MR) is 126 cm³/mol. The van der Waals surface area contributed by atoms with Gasteiger partial charge in [0.1, 0.15) is 5.58 Å². The van der Waals surface area contributed by atoms with Gasteiger partial charge < -0.3 is 9.40 Å². The molecule has 0 amide bonds. The van der Waals surface area contributed by atoms with Gasteiger partial charge >= 0.3 is 0 Å². The highest BCUT2D eigenvalue weighted by molar-refractivity contribution is 7.88. The van der Waals surface area contributed by atoms with Crippen LogP contribution in [-0.4, -0.2) is 24.6 Å². The van der Waals surface area contributed by atoms with Gasteiger partial charge in [-0.1, -0.05) is 26.8 Å². The van der Waals surface area contributed by atoms with Crippen LogP contribution < -0.4 is 10.3 Å². The van der Waals surface area contributed by atoms with E-state index in [1.165, 1.54) is 0 Å². The van der Waals surface area contributed by atoms with Crippen LogP contribution in [0.1, 0.15) is 32.0 Å². The topological polar surface area (TPSA) is 105 Å². The summed E-state index contributed by atoms with van der Waals surface area (Å²) in [7, 11) is -3.29. The molecule has 4 rings (SSSR count). The Bertz CT molecular complexity index is 1440. The molecule has 0 aliphatic heterocycles. The number of pyridine rings is 2. The molecule has 0 atom stereocenters. The number of nitrogens with zero attached hydrogens (tertiary/aromatic N) is 1. The van der Waals surface area contributed by atoms with E-state index in [-0.39, 0.29) is 17.5 Å². The normalized spacial score (nSPS) is 12.4. The summed E-state index contributed by atoms with van der Waals surface area (Å²) in [5.41, 5.74) is 5.12. The van der Waals surface area contributed by atoms with Crippen LogP contribution in [0, 0.1) is 0 Å².